The summed E-state index contributed by atoms with van der Waals surface area (Å²) in [6.07, 6.45) is -1.16. The van der Waals surface area contributed by atoms with E-state index >= 15 is 0 Å². The fourth-order valence-electron chi connectivity index (χ4n) is 8.55. The highest BCUT2D eigenvalue weighted by atomic mass is 16.6. The number of ether oxygens (including phenoxy) is 5. The molecule has 1 fully saturated rings. The van der Waals surface area contributed by atoms with Crippen molar-refractivity contribution in [1.82, 2.24) is 14.9 Å². The largest absolute Gasteiger partial charge is 0.497 e. The average molecular weight is 852 g/mol. The maximum atomic E-state index is 13.1. The van der Waals surface area contributed by atoms with Gasteiger partial charge in [0.25, 0.3) is 5.56 Å². The number of nitrogens with one attached hydrogen (secondary N) is 2. The lowest BCUT2D eigenvalue weighted by molar-refractivity contribution is -0.144. The molecule has 1 amide bonds. The molecule has 6 aromatic rings. The number of aromatic nitrogens is 2. The van der Waals surface area contributed by atoms with Crippen LogP contribution in [0.15, 0.2) is 143 Å². The minimum absolute atomic E-state index is 0.0267. The van der Waals surface area contributed by atoms with Crippen LogP contribution in [0.4, 0.5) is 0 Å². The number of carbonyl (C=O) groups excluding carboxylic acids is 2. The molecule has 0 bridgehead atoms. The number of hydrogen-bond donors (Lipinski definition) is 3. The van der Waals surface area contributed by atoms with Crippen molar-refractivity contribution >= 4 is 11.9 Å². The van der Waals surface area contributed by atoms with Gasteiger partial charge in [0.05, 0.1) is 32.5 Å². The van der Waals surface area contributed by atoms with Crippen LogP contribution in [0.2, 0.25) is 0 Å². The van der Waals surface area contributed by atoms with Gasteiger partial charge < -0.3 is 34.1 Å². The van der Waals surface area contributed by atoms with E-state index in [0.29, 0.717) is 11.5 Å². The molecule has 63 heavy (non-hydrogen) atoms. The van der Waals surface area contributed by atoms with E-state index < -0.39 is 41.3 Å². The van der Waals surface area contributed by atoms with Crippen molar-refractivity contribution < 1.29 is 38.4 Å². The van der Waals surface area contributed by atoms with E-state index in [9.17, 15) is 24.3 Å². The molecule has 1 aliphatic carbocycles. The van der Waals surface area contributed by atoms with Gasteiger partial charge in [0, 0.05) is 37.9 Å². The average Bonchev–Trinajstić information content (AvgIpc) is 3.85. The van der Waals surface area contributed by atoms with E-state index in [1.165, 1.54) is 10.8 Å². The molecule has 1 aliphatic heterocycles. The molecule has 2 aliphatic rings. The first-order valence-electron chi connectivity index (χ1n) is 21.0. The molecular formula is C50H49N3O10. The quantitative estimate of drug-likeness (QED) is 0.0695. The first kappa shape index (κ1) is 42.9. The third-order valence-electron chi connectivity index (χ3n) is 11.8. The number of esters is 1. The lowest BCUT2D eigenvalue weighted by Gasteiger charge is -2.37. The highest BCUT2D eigenvalue weighted by molar-refractivity contribution is 5.79. The topological polar surface area (TPSA) is 167 Å². The second kappa shape index (κ2) is 19.1. The first-order valence-corrected chi connectivity index (χ1v) is 21.0. The van der Waals surface area contributed by atoms with Crippen LogP contribution in [-0.4, -0.2) is 66.2 Å². The van der Waals surface area contributed by atoms with Gasteiger partial charge in [-0.2, -0.15) is 0 Å². The maximum absolute atomic E-state index is 13.1. The summed E-state index contributed by atoms with van der Waals surface area (Å²) in [7, 11) is 3.20. The third-order valence-corrected chi connectivity index (χ3v) is 11.8. The number of carbonyl (C=O) groups is 2. The second-order valence-corrected chi connectivity index (χ2v) is 15.6. The van der Waals surface area contributed by atoms with Crippen molar-refractivity contribution in [2.75, 3.05) is 27.4 Å². The van der Waals surface area contributed by atoms with Gasteiger partial charge in [0.15, 0.2) is 0 Å². The first-order chi connectivity index (χ1) is 30.7. The number of aromatic amines is 1. The molecule has 8 rings (SSSR count). The summed E-state index contributed by atoms with van der Waals surface area (Å²) in [4.78, 5) is 53.9. The fraction of sp³-hybridized carbons (Fsp3) is 0.280. The molecule has 1 unspecified atom stereocenters. The fourth-order valence-corrected chi connectivity index (χ4v) is 8.55. The van der Waals surface area contributed by atoms with Crippen LogP contribution < -0.4 is 26.0 Å². The Kier molecular flexibility index (Phi) is 13.0. The highest BCUT2D eigenvalue weighted by Crippen LogP contribution is 2.45. The molecule has 13 nitrogen and oxygen atoms in total. The molecule has 2 heterocycles. The van der Waals surface area contributed by atoms with Crippen molar-refractivity contribution in [3.05, 3.63) is 188 Å². The van der Waals surface area contributed by atoms with E-state index in [-0.39, 0.29) is 62.8 Å². The predicted molar refractivity (Wildman–Crippen MR) is 234 cm³/mol. The van der Waals surface area contributed by atoms with Crippen LogP contribution in [0, 0.1) is 0 Å². The number of benzene rings is 5. The van der Waals surface area contributed by atoms with Gasteiger partial charge in [-0.25, -0.2) is 4.79 Å². The zero-order valence-electron chi connectivity index (χ0n) is 35.0. The summed E-state index contributed by atoms with van der Waals surface area (Å²) in [5.41, 5.74) is 4.48. The summed E-state index contributed by atoms with van der Waals surface area (Å²) in [5.74, 6) is 0.507. The van der Waals surface area contributed by atoms with Gasteiger partial charge in [0.2, 0.25) is 5.91 Å². The van der Waals surface area contributed by atoms with Crippen LogP contribution >= 0.6 is 0 Å². The minimum atomic E-state index is -1.17. The number of methoxy groups -OCH3 is 2. The van der Waals surface area contributed by atoms with Crippen molar-refractivity contribution in [3.63, 3.8) is 0 Å². The highest BCUT2D eigenvalue weighted by Gasteiger charge is 2.42. The number of H-pyrrole nitrogens is 1. The smallest absolute Gasteiger partial charge is 0.330 e. The SMILES string of the molecule is COc1ccc(C(OC[C@H]2O[C@@H](n3cc(CNC(=O)CCCC(=O)OCC4c5ccccc5-c5ccccc54)c(=O)[nH]c3=O)CC2O)(c2ccccc2)c2ccc(OC)cc2)cc1. The Morgan fingerprint density at radius 2 is 1.33 bits per heavy atom. The molecule has 5 aromatic carbocycles. The minimum Gasteiger partial charge on any atom is -0.497 e. The van der Waals surface area contributed by atoms with Crippen molar-refractivity contribution in [3.8, 4) is 22.6 Å². The molecule has 324 valence electrons. The zero-order chi connectivity index (χ0) is 43.9. The van der Waals surface area contributed by atoms with Crippen molar-refractivity contribution in [1.29, 1.82) is 0 Å². The lowest BCUT2D eigenvalue weighted by atomic mass is 9.80. The van der Waals surface area contributed by atoms with Gasteiger partial charge in [-0.05, 0) is 69.6 Å². The number of fused-ring (bicyclic) bond motifs is 3. The third kappa shape index (κ3) is 9.08. The monoisotopic (exact) mass is 851 g/mol. The second-order valence-electron chi connectivity index (χ2n) is 15.6. The Labute approximate surface area is 364 Å². The van der Waals surface area contributed by atoms with Crippen LogP contribution in [0.3, 0.4) is 0 Å². The number of aliphatic hydroxyl groups is 1. The standard InChI is InChI=1S/C50H49N3O10/c1-59-36-23-19-34(20-24-36)50(33-11-4-3-5-12-33,35-21-25-37(60-2)26-22-35)62-31-44-43(54)27-46(63-44)53-29-32(48(57)52-49(53)58)28-51-45(55)17-10-18-47(56)61-30-42-40-15-8-6-13-38(40)39-14-7-9-16-41(39)42/h3-9,11-16,19-26,29,42-44,46,54H,10,17-18,27-28,30-31H2,1-2H3,(H,51,55)(H,52,57,58)/t43?,44-,46-/m1/s1. The predicted octanol–water partition coefficient (Wildman–Crippen LogP) is 6.35. The van der Waals surface area contributed by atoms with E-state index in [1.807, 2.05) is 103 Å². The summed E-state index contributed by atoms with van der Waals surface area (Å²) in [5, 5.41) is 14.0. The number of aliphatic hydroxyl groups excluding tert-OH is 1. The molecule has 0 saturated carbocycles. The van der Waals surface area contributed by atoms with E-state index in [2.05, 4.69) is 34.6 Å². The molecule has 0 spiro atoms. The lowest BCUT2D eigenvalue weighted by Crippen LogP contribution is -2.38. The summed E-state index contributed by atoms with van der Waals surface area (Å²) in [6.45, 7) is -0.0545. The molecule has 3 atom stereocenters. The van der Waals surface area contributed by atoms with Crippen LogP contribution in [-0.2, 0) is 35.9 Å². The van der Waals surface area contributed by atoms with Crippen LogP contribution in [0.25, 0.3) is 11.1 Å². The molecule has 1 aromatic heterocycles. The van der Waals surface area contributed by atoms with Gasteiger partial charge in [0.1, 0.15) is 36.0 Å². The number of nitrogens with zero attached hydrogens (tertiary/aromatic N) is 1. The van der Waals surface area contributed by atoms with Gasteiger partial charge in [-0.3, -0.25) is 23.9 Å². The van der Waals surface area contributed by atoms with Crippen molar-refractivity contribution in [2.45, 2.75) is 62.2 Å². The molecular weight excluding hydrogens is 803 g/mol. The molecule has 0 radical (unpaired) electrons. The number of amides is 1. The molecule has 1 saturated heterocycles. The van der Waals surface area contributed by atoms with Crippen molar-refractivity contribution in [2.24, 2.45) is 0 Å². The normalized spacial score (nSPS) is 16.8. The Morgan fingerprint density at radius 1 is 0.762 bits per heavy atom. The molecule has 13 heteroatoms. The Balaban J connectivity index is 0.893. The van der Waals surface area contributed by atoms with Gasteiger partial charge in [-0.15, -0.1) is 0 Å². The maximum Gasteiger partial charge on any atom is 0.330 e. The molecule has 3 N–H and O–H groups in total. The summed E-state index contributed by atoms with van der Waals surface area (Å²) < 4.78 is 31.0. The van der Waals surface area contributed by atoms with E-state index in [4.69, 9.17) is 23.7 Å². The van der Waals surface area contributed by atoms with Gasteiger partial charge >= 0.3 is 11.7 Å². The summed E-state index contributed by atoms with van der Waals surface area (Å²) in [6, 6.07) is 41.0. The number of hydrogen-bond acceptors (Lipinski definition) is 10. The van der Waals surface area contributed by atoms with Crippen LogP contribution in [0.1, 0.15) is 71.2 Å². The Bertz CT molecular complexity index is 2570. The Hall–Kier alpha value is -6.80. The van der Waals surface area contributed by atoms with E-state index in [1.54, 1.807) is 14.2 Å². The zero-order valence-corrected chi connectivity index (χ0v) is 35.0. The van der Waals surface area contributed by atoms with Gasteiger partial charge in [-0.1, -0.05) is 103 Å². The van der Waals surface area contributed by atoms with Crippen LogP contribution in [0.5, 0.6) is 11.5 Å². The summed E-state index contributed by atoms with van der Waals surface area (Å²) >= 11 is 0. The Morgan fingerprint density at radius 3 is 1.94 bits per heavy atom. The van der Waals surface area contributed by atoms with E-state index in [0.717, 1.165) is 38.9 Å². The number of rotatable bonds is 17.